The zero-order valence-corrected chi connectivity index (χ0v) is 10.6. The van der Waals surface area contributed by atoms with Gasteiger partial charge in [-0.1, -0.05) is 17.8 Å². The van der Waals surface area contributed by atoms with E-state index in [1.165, 1.54) is 17.8 Å². The monoisotopic (exact) mass is 263 g/mol. The third-order valence-electron chi connectivity index (χ3n) is 2.48. The topological polar surface area (TPSA) is 12.4 Å². The van der Waals surface area contributed by atoms with Crippen molar-refractivity contribution >= 4 is 24.2 Å². The molecule has 0 saturated heterocycles. The molecule has 0 heterocycles. The quantitative estimate of drug-likeness (QED) is 0.727. The van der Waals surface area contributed by atoms with Crippen molar-refractivity contribution in [2.24, 2.45) is 4.99 Å². The minimum Gasteiger partial charge on any atom is -0.264 e. The van der Waals surface area contributed by atoms with Crippen molar-refractivity contribution in [1.82, 2.24) is 0 Å². The molecule has 92 valence electrons. The molecule has 1 nitrogen and oxygen atoms in total. The molecular weight excluding hydrogens is 252 g/mol. The molecule has 4 heteroatoms. The molecule has 0 saturated carbocycles. The van der Waals surface area contributed by atoms with Crippen LogP contribution in [0.5, 0.6) is 0 Å². The number of rotatable bonds is 3. The second kappa shape index (κ2) is 5.31. The standard InChI is InChI=1S/C14H11F2NS/c1-9-3-4-11(8-14(9)17-2)18-10-5-6-12(15)13(16)7-10/h3-8H,2H2,1H3. The van der Waals surface area contributed by atoms with Gasteiger partial charge < -0.3 is 0 Å². The van der Waals surface area contributed by atoms with Crippen LogP contribution in [0.3, 0.4) is 0 Å². The lowest BCUT2D eigenvalue weighted by Crippen LogP contribution is -1.83. The van der Waals surface area contributed by atoms with Gasteiger partial charge in [0.25, 0.3) is 0 Å². The molecule has 2 aromatic rings. The summed E-state index contributed by atoms with van der Waals surface area (Å²) >= 11 is 1.35. The normalized spacial score (nSPS) is 10.4. The van der Waals surface area contributed by atoms with Crippen molar-refractivity contribution < 1.29 is 8.78 Å². The fraction of sp³-hybridized carbons (Fsp3) is 0.0714. The highest BCUT2D eigenvalue weighted by molar-refractivity contribution is 7.99. The molecule has 0 aliphatic rings. The number of hydrogen-bond donors (Lipinski definition) is 0. The number of halogens is 2. The van der Waals surface area contributed by atoms with E-state index in [2.05, 4.69) is 11.7 Å². The highest BCUT2D eigenvalue weighted by Crippen LogP contribution is 2.32. The maximum absolute atomic E-state index is 13.1. The van der Waals surface area contributed by atoms with E-state index >= 15 is 0 Å². The lowest BCUT2D eigenvalue weighted by molar-refractivity contribution is 0.506. The van der Waals surface area contributed by atoms with E-state index in [1.807, 2.05) is 25.1 Å². The fourth-order valence-electron chi connectivity index (χ4n) is 1.50. The molecular formula is C14H11F2NS. The van der Waals surface area contributed by atoms with Crippen molar-refractivity contribution in [3.05, 3.63) is 53.6 Å². The Morgan fingerprint density at radius 1 is 1.00 bits per heavy atom. The summed E-state index contributed by atoms with van der Waals surface area (Å²) in [7, 11) is 0. The van der Waals surface area contributed by atoms with Crippen molar-refractivity contribution in [2.75, 3.05) is 0 Å². The van der Waals surface area contributed by atoms with Gasteiger partial charge in [0, 0.05) is 9.79 Å². The predicted molar refractivity (Wildman–Crippen MR) is 70.9 cm³/mol. The second-order valence-corrected chi connectivity index (χ2v) is 4.93. The molecule has 0 N–H and O–H groups in total. The van der Waals surface area contributed by atoms with Gasteiger partial charge in [0.1, 0.15) is 0 Å². The van der Waals surface area contributed by atoms with Crippen molar-refractivity contribution in [3.63, 3.8) is 0 Å². The maximum Gasteiger partial charge on any atom is 0.159 e. The number of nitrogens with zero attached hydrogens (tertiary/aromatic N) is 1. The number of aryl methyl sites for hydroxylation is 1. The summed E-state index contributed by atoms with van der Waals surface area (Å²) in [4.78, 5) is 5.46. The fourth-order valence-corrected chi connectivity index (χ4v) is 2.38. The Morgan fingerprint density at radius 3 is 2.33 bits per heavy atom. The van der Waals surface area contributed by atoms with Crippen LogP contribution in [0.2, 0.25) is 0 Å². The molecule has 0 fully saturated rings. The third kappa shape index (κ3) is 2.76. The Labute approximate surface area is 109 Å². The van der Waals surface area contributed by atoms with E-state index < -0.39 is 11.6 Å². The van der Waals surface area contributed by atoms with Gasteiger partial charge in [-0.2, -0.15) is 0 Å². The van der Waals surface area contributed by atoms with Crippen LogP contribution in [0.15, 0.2) is 51.2 Å². The first-order valence-electron chi connectivity index (χ1n) is 5.30. The molecule has 18 heavy (non-hydrogen) atoms. The molecule has 0 atom stereocenters. The average Bonchev–Trinajstić information content (AvgIpc) is 2.36. The molecule has 0 spiro atoms. The largest absolute Gasteiger partial charge is 0.264 e. The minimum absolute atomic E-state index is 0.646. The molecule has 0 aliphatic carbocycles. The van der Waals surface area contributed by atoms with Crippen molar-refractivity contribution in [2.45, 2.75) is 16.7 Å². The Balaban J connectivity index is 2.28. The van der Waals surface area contributed by atoms with Gasteiger partial charge in [0.05, 0.1) is 5.69 Å². The Bertz CT molecular complexity index is 596. The van der Waals surface area contributed by atoms with Crippen LogP contribution in [0.4, 0.5) is 14.5 Å². The number of benzene rings is 2. The lowest BCUT2D eigenvalue weighted by atomic mass is 10.2. The minimum atomic E-state index is -0.839. The predicted octanol–water partition coefficient (Wildman–Crippen LogP) is 4.76. The summed E-state index contributed by atoms with van der Waals surface area (Å²) in [5.41, 5.74) is 1.82. The van der Waals surface area contributed by atoms with Crippen molar-refractivity contribution in [1.29, 1.82) is 0 Å². The van der Waals surface area contributed by atoms with Crippen LogP contribution in [-0.2, 0) is 0 Å². The van der Waals surface area contributed by atoms with Crippen LogP contribution < -0.4 is 0 Å². The van der Waals surface area contributed by atoms with Gasteiger partial charge in [-0.3, -0.25) is 4.99 Å². The third-order valence-corrected chi connectivity index (χ3v) is 3.46. The van der Waals surface area contributed by atoms with Crippen LogP contribution >= 0.6 is 11.8 Å². The zero-order valence-electron chi connectivity index (χ0n) is 9.78. The Morgan fingerprint density at radius 2 is 1.67 bits per heavy atom. The highest BCUT2D eigenvalue weighted by Gasteiger charge is 2.05. The van der Waals surface area contributed by atoms with Gasteiger partial charge in [0.2, 0.25) is 0 Å². The molecule has 0 radical (unpaired) electrons. The van der Waals surface area contributed by atoms with E-state index in [1.54, 1.807) is 6.07 Å². The number of aliphatic imine (C=N–C) groups is 1. The zero-order chi connectivity index (χ0) is 13.1. The van der Waals surface area contributed by atoms with Crippen LogP contribution in [-0.4, -0.2) is 6.72 Å². The Kier molecular flexibility index (Phi) is 3.77. The first-order valence-corrected chi connectivity index (χ1v) is 6.12. The summed E-state index contributed by atoms with van der Waals surface area (Å²) in [6, 6.07) is 9.56. The summed E-state index contributed by atoms with van der Waals surface area (Å²) in [5.74, 6) is -1.68. The summed E-state index contributed by atoms with van der Waals surface area (Å²) in [5, 5.41) is 0. The number of hydrogen-bond acceptors (Lipinski definition) is 2. The second-order valence-electron chi connectivity index (χ2n) is 3.78. The maximum atomic E-state index is 13.1. The summed E-state index contributed by atoms with van der Waals surface area (Å²) in [6.07, 6.45) is 0. The average molecular weight is 263 g/mol. The first kappa shape index (κ1) is 12.8. The van der Waals surface area contributed by atoms with E-state index in [9.17, 15) is 8.78 Å². The molecule has 2 rings (SSSR count). The molecule has 2 aromatic carbocycles. The van der Waals surface area contributed by atoms with E-state index in [-0.39, 0.29) is 0 Å². The lowest BCUT2D eigenvalue weighted by Gasteiger charge is -2.05. The van der Waals surface area contributed by atoms with Gasteiger partial charge in [0.15, 0.2) is 11.6 Å². The van der Waals surface area contributed by atoms with E-state index in [0.29, 0.717) is 4.90 Å². The molecule has 0 unspecified atom stereocenters. The van der Waals surface area contributed by atoms with Crippen LogP contribution in [0.25, 0.3) is 0 Å². The molecule has 0 aromatic heterocycles. The van der Waals surface area contributed by atoms with Crippen LogP contribution in [0, 0.1) is 18.6 Å². The van der Waals surface area contributed by atoms with Gasteiger partial charge >= 0.3 is 0 Å². The van der Waals surface area contributed by atoms with Crippen LogP contribution in [0.1, 0.15) is 5.56 Å². The summed E-state index contributed by atoms with van der Waals surface area (Å²) in [6.45, 7) is 5.44. The summed E-state index contributed by atoms with van der Waals surface area (Å²) < 4.78 is 25.9. The van der Waals surface area contributed by atoms with Gasteiger partial charge in [-0.25, -0.2) is 8.78 Å². The van der Waals surface area contributed by atoms with Gasteiger partial charge in [-0.05, 0) is 49.5 Å². The van der Waals surface area contributed by atoms with E-state index in [4.69, 9.17) is 0 Å². The molecule has 0 aliphatic heterocycles. The molecule has 0 amide bonds. The molecule has 0 bridgehead atoms. The smallest absolute Gasteiger partial charge is 0.159 e. The van der Waals surface area contributed by atoms with Crippen molar-refractivity contribution in [3.8, 4) is 0 Å². The first-order chi connectivity index (χ1) is 8.60. The highest BCUT2D eigenvalue weighted by atomic mass is 32.2. The Hall–Kier alpha value is -1.68. The SMILES string of the molecule is C=Nc1cc(Sc2ccc(F)c(F)c2)ccc1C. The van der Waals surface area contributed by atoms with E-state index in [0.717, 1.165) is 22.2 Å². The van der Waals surface area contributed by atoms with Gasteiger partial charge in [-0.15, -0.1) is 0 Å².